The third-order valence-electron chi connectivity index (χ3n) is 3.09. The Morgan fingerprint density at radius 3 is 2.38 bits per heavy atom. The maximum atomic E-state index is 11.2. The normalized spacial score (nSPS) is 10.8. The van der Waals surface area contributed by atoms with Gasteiger partial charge in [0.15, 0.2) is 0 Å². The van der Waals surface area contributed by atoms with E-state index in [4.69, 9.17) is 11.6 Å². The lowest BCUT2D eigenvalue weighted by Crippen LogP contribution is -2.06. The number of aryl methyl sites for hydroxylation is 1. The van der Waals surface area contributed by atoms with Gasteiger partial charge in [0.1, 0.15) is 11.0 Å². The summed E-state index contributed by atoms with van der Waals surface area (Å²) in [6, 6.07) is 11.0. The topological polar surface area (TPSA) is 59.8 Å². The number of carbonyl (C=O) groups excluding carboxylic acids is 1. The smallest absolute Gasteiger partial charge is 0.221 e. The molecule has 0 aliphatic rings. The van der Waals surface area contributed by atoms with Crippen molar-refractivity contribution >= 4 is 34.2 Å². The van der Waals surface area contributed by atoms with Gasteiger partial charge in [-0.2, -0.15) is 4.80 Å². The Morgan fingerprint density at radius 2 is 1.76 bits per heavy atom. The molecule has 0 spiro atoms. The molecule has 1 heterocycles. The van der Waals surface area contributed by atoms with Crippen molar-refractivity contribution in [3.8, 4) is 5.69 Å². The van der Waals surface area contributed by atoms with Crippen LogP contribution in [-0.4, -0.2) is 20.9 Å². The van der Waals surface area contributed by atoms with Crippen LogP contribution in [0.15, 0.2) is 36.4 Å². The first kappa shape index (κ1) is 13.6. The molecule has 0 saturated heterocycles. The molecule has 21 heavy (non-hydrogen) atoms. The Labute approximate surface area is 126 Å². The maximum absolute atomic E-state index is 11.2. The first-order chi connectivity index (χ1) is 10.0. The molecule has 0 aliphatic carbocycles. The highest BCUT2D eigenvalue weighted by atomic mass is 35.5. The van der Waals surface area contributed by atoms with Crippen molar-refractivity contribution < 1.29 is 4.79 Å². The number of amides is 1. The van der Waals surface area contributed by atoms with Crippen molar-refractivity contribution in [2.45, 2.75) is 13.8 Å². The highest BCUT2D eigenvalue weighted by Gasteiger charge is 2.09. The van der Waals surface area contributed by atoms with E-state index in [2.05, 4.69) is 15.5 Å². The number of nitrogens with zero attached hydrogens (tertiary/aromatic N) is 3. The minimum absolute atomic E-state index is 0.109. The van der Waals surface area contributed by atoms with Crippen molar-refractivity contribution in [2.75, 3.05) is 5.32 Å². The van der Waals surface area contributed by atoms with E-state index < -0.39 is 0 Å². The molecule has 0 radical (unpaired) electrons. The van der Waals surface area contributed by atoms with Gasteiger partial charge in [-0.05, 0) is 48.9 Å². The van der Waals surface area contributed by atoms with Crippen LogP contribution in [-0.2, 0) is 4.79 Å². The molecular formula is C15H13ClN4O. The molecule has 1 aromatic heterocycles. The maximum Gasteiger partial charge on any atom is 0.221 e. The van der Waals surface area contributed by atoms with Crippen LogP contribution >= 0.6 is 11.6 Å². The van der Waals surface area contributed by atoms with Gasteiger partial charge in [-0.3, -0.25) is 4.79 Å². The van der Waals surface area contributed by atoms with E-state index in [0.29, 0.717) is 5.02 Å². The summed E-state index contributed by atoms with van der Waals surface area (Å²) in [7, 11) is 0. The third kappa shape index (κ3) is 2.73. The number of rotatable bonds is 2. The Hall–Kier alpha value is -2.40. The summed E-state index contributed by atoms with van der Waals surface area (Å²) in [5.74, 6) is -0.109. The number of hydrogen-bond donors (Lipinski definition) is 1. The van der Waals surface area contributed by atoms with Crippen LogP contribution in [0.5, 0.6) is 0 Å². The summed E-state index contributed by atoms with van der Waals surface area (Å²) < 4.78 is 0. The number of carbonyl (C=O) groups is 1. The van der Waals surface area contributed by atoms with E-state index in [1.807, 2.05) is 31.2 Å². The second kappa shape index (κ2) is 5.18. The SMILES string of the molecule is CC(=O)Nc1cc2nn(-c3ccc(Cl)cc3)nc2cc1C. The quantitative estimate of drug-likeness (QED) is 0.789. The largest absolute Gasteiger partial charge is 0.326 e. The summed E-state index contributed by atoms with van der Waals surface area (Å²) in [6.45, 7) is 3.40. The summed E-state index contributed by atoms with van der Waals surface area (Å²) in [6.07, 6.45) is 0. The minimum Gasteiger partial charge on any atom is -0.326 e. The Balaban J connectivity index is 2.07. The van der Waals surface area contributed by atoms with E-state index >= 15 is 0 Å². The lowest BCUT2D eigenvalue weighted by Gasteiger charge is -2.04. The van der Waals surface area contributed by atoms with Gasteiger partial charge in [0.05, 0.1) is 5.69 Å². The van der Waals surface area contributed by atoms with Crippen LogP contribution in [0.25, 0.3) is 16.7 Å². The van der Waals surface area contributed by atoms with Crippen LogP contribution < -0.4 is 5.32 Å². The monoisotopic (exact) mass is 300 g/mol. The fourth-order valence-electron chi connectivity index (χ4n) is 2.08. The number of hydrogen-bond acceptors (Lipinski definition) is 3. The molecule has 106 valence electrons. The second-order valence-electron chi connectivity index (χ2n) is 4.80. The van der Waals surface area contributed by atoms with Gasteiger partial charge in [0.2, 0.25) is 5.91 Å². The summed E-state index contributed by atoms with van der Waals surface area (Å²) in [4.78, 5) is 12.7. The number of halogens is 1. The van der Waals surface area contributed by atoms with Gasteiger partial charge >= 0.3 is 0 Å². The van der Waals surface area contributed by atoms with Gasteiger partial charge < -0.3 is 5.32 Å². The Morgan fingerprint density at radius 1 is 1.14 bits per heavy atom. The zero-order valence-corrected chi connectivity index (χ0v) is 12.3. The van der Waals surface area contributed by atoms with Crippen molar-refractivity contribution in [1.29, 1.82) is 0 Å². The van der Waals surface area contributed by atoms with E-state index in [-0.39, 0.29) is 5.91 Å². The molecule has 6 heteroatoms. The molecule has 3 rings (SSSR count). The Kier molecular flexibility index (Phi) is 3.35. The van der Waals surface area contributed by atoms with Crippen molar-refractivity contribution in [1.82, 2.24) is 15.0 Å². The number of fused-ring (bicyclic) bond motifs is 1. The zero-order valence-electron chi connectivity index (χ0n) is 11.6. The van der Waals surface area contributed by atoms with Crippen molar-refractivity contribution in [3.05, 3.63) is 47.0 Å². The van der Waals surface area contributed by atoms with Crippen molar-refractivity contribution in [3.63, 3.8) is 0 Å². The molecule has 1 N–H and O–H groups in total. The molecule has 0 fully saturated rings. The molecule has 2 aromatic carbocycles. The van der Waals surface area contributed by atoms with Crippen LogP contribution in [0, 0.1) is 6.92 Å². The third-order valence-corrected chi connectivity index (χ3v) is 3.35. The van der Waals surface area contributed by atoms with Crippen molar-refractivity contribution in [2.24, 2.45) is 0 Å². The predicted molar refractivity (Wildman–Crippen MR) is 82.9 cm³/mol. The first-order valence-corrected chi connectivity index (χ1v) is 6.82. The molecule has 0 unspecified atom stereocenters. The van der Waals surface area contributed by atoms with Crippen LogP contribution in [0.1, 0.15) is 12.5 Å². The number of aromatic nitrogens is 3. The summed E-state index contributed by atoms with van der Waals surface area (Å²) >= 11 is 5.88. The zero-order chi connectivity index (χ0) is 15.0. The van der Waals surface area contributed by atoms with Crippen LogP contribution in [0.3, 0.4) is 0 Å². The van der Waals surface area contributed by atoms with Crippen LogP contribution in [0.2, 0.25) is 5.02 Å². The second-order valence-corrected chi connectivity index (χ2v) is 5.24. The number of nitrogens with one attached hydrogen (secondary N) is 1. The lowest BCUT2D eigenvalue weighted by atomic mass is 10.2. The average Bonchev–Trinajstić information content (AvgIpc) is 2.82. The molecule has 0 bridgehead atoms. The first-order valence-electron chi connectivity index (χ1n) is 6.44. The highest BCUT2D eigenvalue weighted by Crippen LogP contribution is 2.22. The Bertz CT molecular complexity index is 824. The van der Waals surface area contributed by atoms with E-state index in [1.54, 1.807) is 16.9 Å². The minimum atomic E-state index is -0.109. The summed E-state index contributed by atoms with van der Waals surface area (Å²) in [5.41, 5.74) is 4.02. The highest BCUT2D eigenvalue weighted by molar-refractivity contribution is 6.30. The standard InChI is InChI=1S/C15H13ClN4O/c1-9-7-14-15(8-13(9)17-10(2)21)19-20(18-14)12-5-3-11(16)4-6-12/h3-8H,1-2H3,(H,17,21). The molecule has 0 saturated carbocycles. The summed E-state index contributed by atoms with van der Waals surface area (Å²) in [5, 5.41) is 12.3. The van der Waals surface area contributed by atoms with Crippen LogP contribution in [0.4, 0.5) is 5.69 Å². The molecule has 1 amide bonds. The molecule has 0 atom stereocenters. The molecule has 0 aliphatic heterocycles. The lowest BCUT2D eigenvalue weighted by molar-refractivity contribution is -0.114. The van der Waals surface area contributed by atoms with Gasteiger partial charge in [-0.25, -0.2) is 0 Å². The van der Waals surface area contributed by atoms with Gasteiger partial charge in [0.25, 0.3) is 0 Å². The molecule has 5 nitrogen and oxygen atoms in total. The van der Waals surface area contributed by atoms with E-state index in [1.165, 1.54) is 6.92 Å². The van der Waals surface area contributed by atoms with E-state index in [0.717, 1.165) is 28.0 Å². The fourth-order valence-corrected chi connectivity index (χ4v) is 2.21. The molecule has 3 aromatic rings. The van der Waals surface area contributed by atoms with Gasteiger partial charge in [-0.15, -0.1) is 10.2 Å². The predicted octanol–water partition coefficient (Wildman–Crippen LogP) is 3.34. The van der Waals surface area contributed by atoms with Gasteiger partial charge in [-0.1, -0.05) is 11.6 Å². The fraction of sp³-hybridized carbons (Fsp3) is 0.133. The number of anilines is 1. The molecular weight excluding hydrogens is 288 g/mol. The van der Waals surface area contributed by atoms with Gasteiger partial charge in [0, 0.05) is 17.6 Å². The average molecular weight is 301 g/mol. The number of benzene rings is 2. The van der Waals surface area contributed by atoms with E-state index in [9.17, 15) is 4.79 Å².